The van der Waals surface area contributed by atoms with Crippen molar-refractivity contribution < 1.29 is 9.53 Å². The lowest BCUT2D eigenvalue weighted by Crippen LogP contribution is -2.49. The quantitative estimate of drug-likeness (QED) is 0.909. The Morgan fingerprint density at radius 2 is 2.12 bits per heavy atom. The van der Waals surface area contributed by atoms with Gasteiger partial charge >= 0.3 is 0 Å². The third-order valence-electron chi connectivity index (χ3n) is 4.23. The van der Waals surface area contributed by atoms with Crippen molar-refractivity contribution >= 4 is 18.3 Å². The lowest BCUT2D eigenvalue weighted by atomic mass is 10.1. The molecule has 1 aliphatic rings. The summed E-state index contributed by atoms with van der Waals surface area (Å²) in [5.41, 5.74) is 0.993. The Hall–Kier alpha value is -2.05. The minimum Gasteiger partial charge on any atom is -0.497 e. The molecular formula is C17H23ClN4O2. The summed E-state index contributed by atoms with van der Waals surface area (Å²) in [5.74, 6) is 1.85. The summed E-state index contributed by atoms with van der Waals surface area (Å²) in [4.78, 5) is 19.1. The highest BCUT2D eigenvalue weighted by Crippen LogP contribution is 2.22. The summed E-state index contributed by atoms with van der Waals surface area (Å²) in [6, 6.07) is 7.63. The molecule has 2 aromatic rings. The molecule has 1 aliphatic heterocycles. The molecule has 0 radical (unpaired) electrons. The maximum Gasteiger partial charge on any atom is 0.227 e. The Labute approximate surface area is 148 Å². The van der Waals surface area contributed by atoms with Gasteiger partial charge < -0.3 is 19.5 Å². The number of aryl methyl sites for hydroxylation is 1. The first-order valence-corrected chi connectivity index (χ1v) is 7.79. The fourth-order valence-corrected chi connectivity index (χ4v) is 2.95. The second-order valence-corrected chi connectivity index (χ2v) is 5.73. The van der Waals surface area contributed by atoms with Crippen LogP contribution in [-0.4, -0.2) is 47.1 Å². The van der Waals surface area contributed by atoms with Crippen molar-refractivity contribution in [1.29, 1.82) is 0 Å². The van der Waals surface area contributed by atoms with Gasteiger partial charge in [0.05, 0.1) is 13.5 Å². The number of benzene rings is 1. The van der Waals surface area contributed by atoms with Crippen LogP contribution < -0.4 is 10.1 Å². The van der Waals surface area contributed by atoms with Crippen LogP contribution in [0.2, 0.25) is 0 Å². The predicted molar refractivity (Wildman–Crippen MR) is 94.5 cm³/mol. The molecule has 1 aromatic carbocycles. The molecule has 0 saturated carbocycles. The van der Waals surface area contributed by atoms with E-state index < -0.39 is 0 Å². The van der Waals surface area contributed by atoms with Gasteiger partial charge in [-0.15, -0.1) is 12.4 Å². The number of nitrogens with zero attached hydrogens (tertiary/aromatic N) is 3. The SMILES string of the molecule is COc1ccc(CC(=O)N2CCNCC2c2nccn2C)cc1.Cl. The average Bonchev–Trinajstić information content (AvgIpc) is 3.01. The molecule has 1 amide bonds. The highest BCUT2D eigenvalue weighted by Gasteiger charge is 2.30. The van der Waals surface area contributed by atoms with Gasteiger partial charge in [-0.1, -0.05) is 12.1 Å². The van der Waals surface area contributed by atoms with Crippen molar-refractivity contribution in [2.45, 2.75) is 12.5 Å². The number of carbonyl (C=O) groups excluding carboxylic acids is 1. The van der Waals surface area contributed by atoms with Gasteiger partial charge in [-0.2, -0.15) is 0 Å². The third-order valence-corrected chi connectivity index (χ3v) is 4.23. The molecule has 3 rings (SSSR count). The first kappa shape index (κ1) is 18.3. The number of hydrogen-bond donors (Lipinski definition) is 1. The molecular weight excluding hydrogens is 328 g/mol. The normalized spacial score (nSPS) is 17.2. The van der Waals surface area contributed by atoms with Crippen LogP contribution in [0, 0.1) is 0 Å². The molecule has 1 unspecified atom stereocenters. The summed E-state index contributed by atoms with van der Waals surface area (Å²) in [6.45, 7) is 2.25. The smallest absolute Gasteiger partial charge is 0.227 e. The average molecular weight is 351 g/mol. The second-order valence-electron chi connectivity index (χ2n) is 5.73. The molecule has 0 bridgehead atoms. The molecule has 2 heterocycles. The molecule has 1 atom stereocenters. The number of piperazine rings is 1. The summed E-state index contributed by atoms with van der Waals surface area (Å²) >= 11 is 0. The van der Waals surface area contributed by atoms with Crippen molar-refractivity contribution in [2.75, 3.05) is 26.7 Å². The number of carbonyl (C=O) groups is 1. The van der Waals surface area contributed by atoms with Crippen LogP contribution in [0.15, 0.2) is 36.7 Å². The first-order chi connectivity index (χ1) is 11.2. The van der Waals surface area contributed by atoms with Crippen LogP contribution in [0.1, 0.15) is 17.4 Å². The number of nitrogens with one attached hydrogen (secondary N) is 1. The van der Waals surface area contributed by atoms with Crippen LogP contribution in [-0.2, 0) is 18.3 Å². The fourth-order valence-electron chi connectivity index (χ4n) is 2.95. The summed E-state index contributed by atoms with van der Waals surface area (Å²) in [7, 11) is 3.60. The monoisotopic (exact) mass is 350 g/mol. The van der Waals surface area contributed by atoms with Crippen LogP contribution in [0.5, 0.6) is 5.75 Å². The van der Waals surface area contributed by atoms with E-state index in [0.29, 0.717) is 13.0 Å². The second kappa shape index (κ2) is 8.17. The largest absolute Gasteiger partial charge is 0.497 e. The molecule has 1 fully saturated rings. The maximum atomic E-state index is 12.8. The minimum absolute atomic E-state index is 0. The predicted octanol–water partition coefficient (Wildman–Crippen LogP) is 1.57. The fraction of sp³-hybridized carbons (Fsp3) is 0.412. The van der Waals surface area contributed by atoms with Crippen LogP contribution >= 0.6 is 12.4 Å². The van der Waals surface area contributed by atoms with Gasteiger partial charge in [-0.05, 0) is 17.7 Å². The molecule has 6 nitrogen and oxygen atoms in total. The number of amides is 1. The third kappa shape index (κ3) is 3.88. The van der Waals surface area contributed by atoms with E-state index in [1.807, 2.05) is 47.0 Å². The van der Waals surface area contributed by atoms with Crippen LogP contribution in [0.4, 0.5) is 0 Å². The molecule has 7 heteroatoms. The topological polar surface area (TPSA) is 59.4 Å². The number of imidazole rings is 1. The van der Waals surface area contributed by atoms with Gasteiger partial charge in [0.15, 0.2) is 0 Å². The van der Waals surface area contributed by atoms with Crippen molar-refractivity contribution in [3.63, 3.8) is 0 Å². The number of methoxy groups -OCH3 is 1. The number of halogens is 1. The van der Waals surface area contributed by atoms with Gasteiger partial charge in [0.25, 0.3) is 0 Å². The summed E-state index contributed by atoms with van der Waals surface area (Å²) in [5, 5.41) is 3.35. The lowest BCUT2D eigenvalue weighted by molar-refractivity contribution is -0.134. The highest BCUT2D eigenvalue weighted by molar-refractivity contribution is 5.85. The molecule has 1 saturated heterocycles. The molecule has 0 spiro atoms. The van der Waals surface area contributed by atoms with Crippen molar-refractivity contribution in [2.24, 2.45) is 7.05 Å². The van der Waals surface area contributed by atoms with Crippen LogP contribution in [0.3, 0.4) is 0 Å². The Balaban J connectivity index is 0.00000208. The van der Waals surface area contributed by atoms with Crippen molar-refractivity contribution in [3.05, 3.63) is 48.0 Å². The number of rotatable bonds is 4. The maximum absolute atomic E-state index is 12.8. The van der Waals surface area contributed by atoms with E-state index in [2.05, 4.69) is 10.3 Å². The molecule has 0 aliphatic carbocycles. The number of ether oxygens (including phenoxy) is 1. The van der Waals surface area contributed by atoms with E-state index in [1.54, 1.807) is 13.3 Å². The lowest BCUT2D eigenvalue weighted by Gasteiger charge is -2.35. The van der Waals surface area contributed by atoms with Crippen molar-refractivity contribution in [3.8, 4) is 5.75 Å². The highest BCUT2D eigenvalue weighted by atomic mass is 35.5. The number of hydrogen-bond acceptors (Lipinski definition) is 4. The van der Waals surface area contributed by atoms with Gasteiger partial charge in [0.2, 0.25) is 5.91 Å². The van der Waals surface area contributed by atoms with Gasteiger partial charge in [0, 0.05) is 39.1 Å². The Bertz CT molecular complexity index is 671. The minimum atomic E-state index is -0.0190. The van der Waals surface area contributed by atoms with Gasteiger partial charge in [-0.25, -0.2) is 4.98 Å². The summed E-state index contributed by atoms with van der Waals surface area (Å²) in [6.07, 6.45) is 4.08. The Morgan fingerprint density at radius 3 is 2.75 bits per heavy atom. The van der Waals surface area contributed by atoms with E-state index in [9.17, 15) is 4.79 Å². The first-order valence-electron chi connectivity index (χ1n) is 7.79. The van der Waals surface area contributed by atoms with Crippen molar-refractivity contribution in [1.82, 2.24) is 19.8 Å². The molecule has 24 heavy (non-hydrogen) atoms. The van der Waals surface area contributed by atoms with E-state index >= 15 is 0 Å². The standard InChI is InChI=1S/C17H22N4O2.ClH/c1-20-9-8-19-17(20)15-12-18-7-10-21(15)16(22)11-13-3-5-14(23-2)6-4-13;/h3-6,8-9,15,18H,7,10-12H2,1-2H3;1H. The molecule has 1 aromatic heterocycles. The van der Waals surface area contributed by atoms with E-state index in [-0.39, 0.29) is 24.4 Å². The number of aromatic nitrogens is 2. The van der Waals surface area contributed by atoms with E-state index in [4.69, 9.17) is 4.74 Å². The van der Waals surface area contributed by atoms with E-state index in [0.717, 1.165) is 30.2 Å². The zero-order valence-electron chi connectivity index (χ0n) is 13.9. The van der Waals surface area contributed by atoms with E-state index in [1.165, 1.54) is 0 Å². The molecule has 130 valence electrons. The Morgan fingerprint density at radius 1 is 1.38 bits per heavy atom. The zero-order chi connectivity index (χ0) is 16.2. The molecule has 1 N–H and O–H groups in total. The van der Waals surface area contributed by atoms with Crippen LogP contribution in [0.25, 0.3) is 0 Å². The van der Waals surface area contributed by atoms with Gasteiger partial charge in [0.1, 0.15) is 17.6 Å². The Kier molecular flexibility index (Phi) is 6.23. The zero-order valence-corrected chi connectivity index (χ0v) is 14.8. The van der Waals surface area contributed by atoms with Gasteiger partial charge in [-0.3, -0.25) is 4.79 Å². The summed E-state index contributed by atoms with van der Waals surface area (Å²) < 4.78 is 7.13.